The van der Waals surface area contributed by atoms with Gasteiger partial charge in [0.2, 0.25) is 0 Å². The Labute approximate surface area is 437 Å². The quantitative estimate of drug-likeness (QED) is 0.110. The average molecular weight is 1040 g/mol. The van der Waals surface area contributed by atoms with Crippen molar-refractivity contribution in [2.45, 2.75) is 110 Å². The van der Waals surface area contributed by atoms with Crippen LogP contribution in [0.1, 0.15) is 107 Å². The topological polar surface area (TPSA) is 157 Å². The van der Waals surface area contributed by atoms with Gasteiger partial charge in [-0.25, -0.2) is 13.6 Å². The van der Waals surface area contributed by atoms with E-state index in [9.17, 15) is 28.4 Å². The monoisotopic (exact) mass is 1030 g/mol. The molecule has 0 atom stereocenters. The summed E-state index contributed by atoms with van der Waals surface area (Å²) in [5, 5.41) is 2.32. The Hall–Kier alpha value is -5.48. The number of aryl methyl sites for hydroxylation is 1. The number of piperidine rings is 2. The van der Waals surface area contributed by atoms with Crippen LogP contribution in [0.4, 0.5) is 13.6 Å². The van der Waals surface area contributed by atoms with Crippen LogP contribution in [-0.4, -0.2) is 112 Å². The molecule has 2 aliphatic heterocycles. The first-order chi connectivity index (χ1) is 35.1. The number of urea groups is 1. The number of para-hydroxylation sites is 1. The number of hydrogen-bond acceptors (Lipinski definition) is 10. The Kier molecular flexibility index (Phi) is 28.3. The van der Waals surface area contributed by atoms with Crippen molar-refractivity contribution < 1.29 is 37.4 Å². The minimum atomic E-state index is -0.673. The average Bonchev–Trinajstić information content (AvgIpc) is 3.40. The van der Waals surface area contributed by atoms with Crippen LogP contribution >= 0.6 is 11.6 Å². The lowest BCUT2D eigenvalue weighted by Crippen LogP contribution is -2.40. The van der Waals surface area contributed by atoms with E-state index in [0.717, 1.165) is 31.0 Å². The van der Waals surface area contributed by atoms with Gasteiger partial charge in [0, 0.05) is 60.4 Å². The molecule has 1 aliphatic carbocycles. The summed E-state index contributed by atoms with van der Waals surface area (Å²) in [4.78, 5) is 61.1. The summed E-state index contributed by atoms with van der Waals surface area (Å²) in [6.45, 7) is 11.2. The zero-order valence-corrected chi connectivity index (χ0v) is 45.2. The van der Waals surface area contributed by atoms with Gasteiger partial charge in [-0.05, 0) is 147 Å². The summed E-state index contributed by atoms with van der Waals surface area (Å²) < 4.78 is 42.3. The van der Waals surface area contributed by atoms with Crippen LogP contribution in [0.3, 0.4) is 0 Å². The number of aldehydes is 3. The number of pyridine rings is 1. The minimum absolute atomic E-state index is 0.0268. The molecule has 402 valence electrons. The van der Waals surface area contributed by atoms with Gasteiger partial charge in [0.15, 0.2) is 11.6 Å². The predicted octanol–water partition coefficient (Wildman–Crippen LogP) is 10.7. The normalized spacial score (nSPS) is 15.4. The second kappa shape index (κ2) is 33.4. The van der Waals surface area contributed by atoms with Crippen molar-refractivity contribution in [1.82, 2.24) is 24.6 Å². The summed E-state index contributed by atoms with van der Waals surface area (Å²) in [5.74, 6) is 2.06. The highest BCUT2D eigenvalue weighted by molar-refractivity contribution is 6.34. The lowest BCUT2D eigenvalue weighted by molar-refractivity contribution is -0.112. The van der Waals surface area contributed by atoms with Gasteiger partial charge in [-0.15, -0.1) is 0 Å². The summed E-state index contributed by atoms with van der Waals surface area (Å²) in [7, 11) is 8.88. The molecule has 2 amide bonds. The number of methoxy groups -OCH3 is 1. The maximum atomic E-state index is 15.2. The van der Waals surface area contributed by atoms with E-state index in [1.54, 1.807) is 37.3 Å². The highest BCUT2D eigenvalue weighted by Gasteiger charge is 2.27. The van der Waals surface area contributed by atoms with E-state index in [0.29, 0.717) is 46.7 Å². The SMILES string of the molecule is CN.CN1CCC(CC2CCN(C)CC2)CC1.CNC(=O)N(CCC=O)Cc1cccn(CC=O)c1=O.COc1ccc(C)c(-c2c(Cl)c(F)cc(Oc3ccccc3)c2C(C)C)c1F.O=CC1CCCCC1. The second-order valence-corrected chi connectivity index (χ2v) is 19.5. The van der Waals surface area contributed by atoms with Crippen molar-refractivity contribution in [3.63, 3.8) is 0 Å². The van der Waals surface area contributed by atoms with Gasteiger partial charge in [-0.3, -0.25) is 4.79 Å². The van der Waals surface area contributed by atoms with E-state index < -0.39 is 11.6 Å². The van der Waals surface area contributed by atoms with Gasteiger partial charge in [-0.1, -0.05) is 75.0 Å². The van der Waals surface area contributed by atoms with Crippen molar-refractivity contribution in [2.24, 2.45) is 23.5 Å². The highest BCUT2D eigenvalue weighted by atomic mass is 35.5. The fraction of sp³-hybridized carbons (Fsp3) is 0.526. The van der Waals surface area contributed by atoms with Crippen molar-refractivity contribution in [3.05, 3.63) is 111 Å². The molecular formula is C57H81ClF2N6O7. The summed E-state index contributed by atoms with van der Waals surface area (Å²) >= 11 is 6.35. The number of rotatable bonds is 15. The van der Waals surface area contributed by atoms with Crippen LogP contribution in [0.15, 0.2) is 71.7 Å². The number of nitrogens with two attached hydrogens (primary N) is 1. The van der Waals surface area contributed by atoms with E-state index in [2.05, 4.69) is 34.9 Å². The second-order valence-electron chi connectivity index (χ2n) is 19.2. The molecule has 3 heterocycles. The molecule has 4 aromatic rings. The van der Waals surface area contributed by atoms with E-state index in [1.807, 2.05) is 32.0 Å². The molecule has 73 heavy (non-hydrogen) atoms. The Balaban J connectivity index is 0.000000273. The number of amides is 2. The maximum Gasteiger partial charge on any atom is 0.317 e. The number of hydrogen-bond donors (Lipinski definition) is 2. The van der Waals surface area contributed by atoms with Gasteiger partial charge in [0.1, 0.15) is 36.2 Å². The Morgan fingerprint density at radius 3 is 1.96 bits per heavy atom. The maximum absolute atomic E-state index is 15.2. The van der Waals surface area contributed by atoms with Crippen molar-refractivity contribution in [3.8, 4) is 28.4 Å². The number of nitrogens with one attached hydrogen (secondary N) is 1. The summed E-state index contributed by atoms with van der Waals surface area (Å²) in [5.41, 5.74) is 6.33. The van der Waals surface area contributed by atoms with Crippen LogP contribution < -0.4 is 26.1 Å². The predicted molar refractivity (Wildman–Crippen MR) is 289 cm³/mol. The van der Waals surface area contributed by atoms with E-state index in [-0.39, 0.29) is 65.5 Å². The van der Waals surface area contributed by atoms with E-state index >= 15 is 4.39 Å². The van der Waals surface area contributed by atoms with Crippen LogP contribution in [-0.2, 0) is 27.5 Å². The molecule has 3 aromatic carbocycles. The van der Waals surface area contributed by atoms with E-state index in [1.165, 1.54) is 127 Å². The number of nitrogens with zero attached hydrogens (tertiary/aromatic N) is 4. The molecule has 0 unspecified atom stereocenters. The number of carbonyl (C=O) groups is 4. The Morgan fingerprint density at radius 1 is 0.849 bits per heavy atom. The molecule has 3 N–H and O–H groups in total. The van der Waals surface area contributed by atoms with Gasteiger partial charge in [0.25, 0.3) is 5.56 Å². The smallest absolute Gasteiger partial charge is 0.317 e. The molecule has 1 saturated carbocycles. The van der Waals surface area contributed by atoms with Crippen LogP contribution in [0.5, 0.6) is 17.2 Å². The number of carbonyl (C=O) groups excluding carboxylic acids is 4. The molecule has 16 heteroatoms. The zero-order valence-electron chi connectivity index (χ0n) is 44.5. The fourth-order valence-corrected chi connectivity index (χ4v) is 9.60. The van der Waals surface area contributed by atoms with E-state index in [4.69, 9.17) is 21.1 Å². The third-order valence-corrected chi connectivity index (χ3v) is 13.9. The van der Waals surface area contributed by atoms with Crippen molar-refractivity contribution in [1.29, 1.82) is 0 Å². The molecule has 13 nitrogen and oxygen atoms in total. The van der Waals surface area contributed by atoms with Crippen molar-refractivity contribution >= 4 is 36.5 Å². The molecule has 0 bridgehead atoms. The van der Waals surface area contributed by atoms with Crippen LogP contribution in [0, 0.1) is 36.3 Å². The lowest BCUT2D eigenvalue weighted by atomic mass is 9.83. The zero-order chi connectivity index (χ0) is 53.9. The van der Waals surface area contributed by atoms with Crippen LogP contribution in [0.25, 0.3) is 11.1 Å². The third kappa shape index (κ3) is 19.7. The molecule has 0 spiro atoms. The number of likely N-dealkylation sites (tertiary alicyclic amines) is 2. The van der Waals surface area contributed by atoms with Gasteiger partial charge in [-0.2, -0.15) is 0 Å². The van der Waals surface area contributed by atoms with Gasteiger partial charge in [0.05, 0.1) is 25.2 Å². The number of halogens is 3. The standard InChI is InChI=1S/C23H21ClF2O2.C13H17N3O4.C13H26N2.C7H12O.CH5N/c1-13(2)19-18(28-15-8-6-5-7-9-15)12-16(25)22(24)21(19)20-14(3)10-11-17(27-4)23(20)26;1-14-13(20)16(6-3-8-17)10-11-4-2-5-15(7-9-18)12(11)19;1-14-7-3-12(4-8-14)11-13-5-9-15(2)10-6-13;8-6-7-4-2-1-3-5-7;1-2/h5-13H,1-4H3;2,4-5,8-9H,3,6-7,10H2,1H3,(H,14,20);12-13H,3-11H2,1-2H3;6-7H,1-5H2;2H2,1H3. The first-order valence-electron chi connectivity index (χ1n) is 25.7. The number of benzene rings is 3. The number of aromatic nitrogens is 1. The summed E-state index contributed by atoms with van der Waals surface area (Å²) in [6.07, 6.45) is 17.6. The largest absolute Gasteiger partial charge is 0.494 e. The molecule has 0 radical (unpaired) electrons. The lowest BCUT2D eigenvalue weighted by Gasteiger charge is -2.34. The van der Waals surface area contributed by atoms with Crippen LogP contribution in [0.2, 0.25) is 5.02 Å². The first-order valence-corrected chi connectivity index (χ1v) is 26.0. The third-order valence-electron chi connectivity index (χ3n) is 13.5. The molecule has 2 saturated heterocycles. The Morgan fingerprint density at radius 2 is 1.45 bits per heavy atom. The van der Waals surface area contributed by atoms with Crippen molar-refractivity contribution in [2.75, 3.05) is 68.0 Å². The molecular weight excluding hydrogens is 954 g/mol. The van der Waals surface area contributed by atoms with Gasteiger partial charge >= 0.3 is 6.03 Å². The first kappa shape index (κ1) is 61.8. The number of ether oxygens (including phenoxy) is 2. The Bertz CT molecular complexity index is 2330. The molecule has 3 aliphatic rings. The highest BCUT2D eigenvalue weighted by Crippen LogP contribution is 2.47. The van der Waals surface area contributed by atoms with Gasteiger partial charge < -0.3 is 54.2 Å². The molecule has 3 fully saturated rings. The minimum Gasteiger partial charge on any atom is -0.494 e. The molecule has 7 rings (SSSR count). The fourth-order valence-electron chi connectivity index (χ4n) is 9.35. The molecule has 1 aromatic heterocycles. The summed E-state index contributed by atoms with van der Waals surface area (Å²) in [6, 6.07) is 16.4.